The number of amides is 1. The van der Waals surface area contributed by atoms with Crippen LogP contribution in [0.1, 0.15) is 29.2 Å². The maximum atomic E-state index is 10.8. The summed E-state index contributed by atoms with van der Waals surface area (Å²) in [4.78, 5) is 10.8. The van der Waals surface area contributed by atoms with Gasteiger partial charge >= 0.3 is 0 Å². The number of carbonyl (C=O) groups excluding carboxylic acids is 1. The van der Waals surface area contributed by atoms with Crippen molar-refractivity contribution in [1.82, 2.24) is 5.32 Å². The summed E-state index contributed by atoms with van der Waals surface area (Å²) < 4.78 is 5.29. The van der Waals surface area contributed by atoms with Crippen molar-refractivity contribution >= 4 is 30.1 Å². The van der Waals surface area contributed by atoms with Crippen molar-refractivity contribution in [1.29, 1.82) is 0 Å². The lowest BCUT2D eigenvalue weighted by Crippen LogP contribution is -2.31. The molecular formula is C11H17ClN2O2S. The number of hydrogen-bond acceptors (Lipinski definition) is 4. The van der Waals surface area contributed by atoms with Crippen LogP contribution in [0.3, 0.4) is 0 Å². The normalized spacial score (nSPS) is 16.5. The lowest BCUT2D eigenvalue weighted by molar-refractivity contribution is 0.0972. The quantitative estimate of drug-likeness (QED) is 0.880. The van der Waals surface area contributed by atoms with Gasteiger partial charge in [-0.2, -0.15) is 11.8 Å². The summed E-state index contributed by atoms with van der Waals surface area (Å²) >= 11 is 2.00. The molecule has 1 aromatic heterocycles. The van der Waals surface area contributed by atoms with Crippen LogP contribution in [0.15, 0.2) is 16.5 Å². The average molecular weight is 277 g/mol. The Balaban J connectivity index is 0.00000144. The molecular weight excluding hydrogens is 260 g/mol. The summed E-state index contributed by atoms with van der Waals surface area (Å²) in [6.07, 6.45) is 2.40. The Labute approximate surface area is 111 Å². The number of rotatable bonds is 4. The van der Waals surface area contributed by atoms with E-state index in [2.05, 4.69) is 5.32 Å². The molecule has 0 saturated carbocycles. The Morgan fingerprint density at radius 1 is 1.47 bits per heavy atom. The molecule has 1 saturated heterocycles. The lowest BCUT2D eigenvalue weighted by atomic mass is 10.1. The van der Waals surface area contributed by atoms with Crippen LogP contribution in [0.4, 0.5) is 0 Å². The summed E-state index contributed by atoms with van der Waals surface area (Å²) in [6, 6.07) is 3.99. The van der Waals surface area contributed by atoms with E-state index in [4.69, 9.17) is 10.2 Å². The number of furan rings is 1. The van der Waals surface area contributed by atoms with Crippen molar-refractivity contribution < 1.29 is 9.21 Å². The van der Waals surface area contributed by atoms with Crippen LogP contribution in [0.5, 0.6) is 0 Å². The molecule has 1 aliphatic heterocycles. The van der Waals surface area contributed by atoms with E-state index in [0.29, 0.717) is 12.6 Å². The third-order valence-corrected chi connectivity index (χ3v) is 3.74. The summed E-state index contributed by atoms with van der Waals surface area (Å²) in [5, 5.41) is 3.43. The van der Waals surface area contributed by atoms with E-state index in [1.807, 2.05) is 11.8 Å². The van der Waals surface area contributed by atoms with Crippen LogP contribution in [-0.2, 0) is 6.54 Å². The molecule has 1 aliphatic rings. The molecule has 0 radical (unpaired) electrons. The highest BCUT2D eigenvalue weighted by molar-refractivity contribution is 7.99. The largest absolute Gasteiger partial charge is 0.455 e. The summed E-state index contributed by atoms with van der Waals surface area (Å²) in [7, 11) is 0. The van der Waals surface area contributed by atoms with E-state index in [0.717, 1.165) is 5.76 Å². The first-order chi connectivity index (χ1) is 7.75. The van der Waals surface area contributed by atoms with E-state index >= 15 is 0 Å². The van der Waals surface area contributed by atoms with Crippen LogP contribution >= 0.6 is 24.2 Å². The molecule has 0 aromatic carbocycles. The Morgan fingerprint density at radius 2 is 2.18 bits per heavy atom. The first kappa shape index (κ1) is 14.4. The van der Waals surface area contributed by atoms with Gasteiger partial charge in [-0.3, -0.25) is 4.79 Å². The Morgan fingerprint density at radius 3 is 2.76 bits per heavy atom. The second kappa shape index (κ2) is 6.93. The first-order valence-corrected chi connectivity index (χ1v) is 6.61. The molecule has 1 fully saturated rings. The van der Waals surface area contributed by atoms with Gasteiger partial charge in [0, 0.05) is 6.04 Å². The zero-order chi connectivity index (χ0) is 11.4. The molecule has 1 aromatic rings. The zero-order valence-corrected chi connectivity index (χ0v) is 11.1. The van der Waals surface area contributed by atoms with Gasteiger partial charge in [-0.25, -0.2) is 0 Å². The predicted molar refractivity (Wildman–Crippen MR) is 71.7 cm³/mol. The number of primary amides is 1. The molecule has 4 nitrogen and oxygen atoms in total. The highest BCUT2D eigenvalue weighted by Crippen LogP contribution is 2.17. The first-order valence-electron chi connectivity index (χ1n) is 5.45. The van der Waals surface area contributed by atoms with Crippen molar-refractivity contribution in [3.8, 4) is 0 Å². The molecule has 17 heavy (non-hydrogen) atoms. The number of thioether (sulfide) groups is 1. The maximum absolute atomic E-state index is 10.8. The van der Waals surface area contributed by atoms with E-state index in [9.17, 15) is 4.79 Å². The van der Waals surface area contributed by atoms with Gasteiger partial charge in [-0.1, -0.05) is 0 Å². The molecule has 0 aliphatic carbocycles. The van der Waals surface area contributed by atoms with Gasteiger partial charge in [0.05, 0.1) is 6.54 Å². The van der Waals surface area contributed by atoms with Gasteiger partial charge in [-0.15, -0.1) is 12.4 Å². The van der Waals surface area contributed by atoms with Gasteiger partial charge < -0.3 is 15.5 Å². The second-order valence-corrected chi connectivity index (χ2v) is 5.12. The predicted octanol–water partition coefficient (Wildman–Crippen LogP) is 1.79. The number of halogens is 1. The van der Waals surface area contributed by atoms with Crippen molar-refractivity contribution in [2.45, 2.75) is 25.4 Å². The number of nitrogens with one attached hydrogen (secondary N) is 1. The van der Waals surface area contributed by atoms with Crippen LogP contribution in [0, 0.1) is 0 Å². The maximum Gasteiger partial charge on any atom is 0.284 e. The van der Waals surface area contributed by atoms with Crippen molar-refractivity contribution in [2.75, 3.05) is 11.5 Å². The van der Waals surface area contributed by atoms with Crippen LogP contribution < -0.4 is 11.1 Å². The summed E-state index contributed by atoms with van der Waals surface area (Å²) in [5.41, 5.74) is 5.11. The molecule has 3 N–H and O–H groups in total. The van der Waals surface area contributed by atoms with Crippen LogP contribution in [0.25, 0.3) is 0 Å². The molecule has 0 spiro atoms. The Bertz CT molecular complexity index is 364. The fraction of sp³-hybridized carbons (Fsp3) is 0.545. The van der Waals surface area contributed by atoms with E-state index in [-0.39, 0.29) is 18.2 Å². The molecule has 0 bridgehead atoms. The number of nitrogens with two attached hydrogens (primary N) is 1. The smallest absolute Gasteiger partial charge is 0.284 e. The molecule has 2 rings (SSSR count). The zero-order valence-electron chi connectivity index (χ0n) is 9.48. The molecule has 0 atom stereocenters. The summed E-state index contributed by atoms with van der Waals surface area (Å²) in [5.74, 6) is 2.94. The highest BCUT2D eigenvalue weighted by Gasteiger charge is 2.14. The topological polar surface area (TPSA) is 68.3 Å². The Hall–Kier alpha value is -0.650. The summed E-state index contributed by atoms with van der Waals surface area (Å²) in [6.45, 7) is 0.669. The van der Waals surface area contributed by atoms with Gasteiger partial charge in [0.2, 0.25) is 0 Å². The van der Waals surface area contributed by atoms with Gasteiger partial charge in [0.25, 0.3) is 5.91 Å². The molecule has 2 heterocycles. The fourth-order valence-electron chi connectivity index (χ4n) is 1.75. The second-order valence-electron chi connectivity index (χ2n) is 3.90. The minimum atomic E-state index is -0.514. The lowest BCUT2D eigenvalue weighted by Gasteiger charge is -2.21. The highest BCUT2D eigenvalue weighted by atomic mass is 35.5. The molecule has 0 unspecified atom stereocenters. The van der Waals surface area contributed by atoms with Gasteiger partial charge in [0.1, 0.15) is 5.76 Å². The Kier molecular flexibility index (Phi) is 5.88. The van der Waals surface area contributed by atoms with Crippen molar-refractivity contribution in [2.24, 2.45) is 5.73 Å². The SMILES string of the molecule is Cl.NC(=O)c1ccc(CNC2CCSCC2)o1. The van der Waals surface area contributed by atoms with E-state index < -0.39 is 5.91 Å². The monoisotopic (exact) mass is 276 g/mol. The third-order valence-electron chi connectivity index (χ3n) is 2.69. The molecule has 1 amide bonds. The minimum Gasteiger partial charge on any atom is -0.455 e. The van der Waals surface area contributed by atoms with Crippen LogP contribution in [-0.4, -0.2) is 23.5 Å². The number of hydrogen-bond donors (Lipinski definition) is 2. The fourth-order valence-corrected chi connectivity index (χ4v) is 2.86. The molecule has 6 heteroatoms. The number of carbonyl (C=O) groups is 1. The van der Waals surface area contributed by atoms with Crippen molar-refractivity contribution in [3.63, 3.8) is 0 Å². The van der Waals surface area contributed by atoms with E-state index in [1.54, 1.807) is 12.1 Å². The standard InChI is InChI=1S/C11H16N2O2S.ClH/c12-11(14)10-2-1-9(15-10)7-13-8-3-5-16-6-4-8;/h1-2,8,13H,3-7H2,(H2,12,14);1H. The average Bonchev–Trinajstić information content (AvgIpc) is 2.76. The minimum absolute atomic E-state index is 0. The van der Waals surface area contributed by atoms with Gasteiger partial charge in [0.15, 0.2) is 5.76 Å². The van der Waals surface area contributed by atoms with Gasteiger partial charge in [-0.05, 0) is 36.5 Å². The third kappa shape index (κ3) is 4.26. The molecule has 96 valence electrons. The van der Waals surface area contributed by atoms with Crippen LogP contribution in [0.2, 0.25) is 0 Å². The van der Waals surface area contributed by atoms with E-state index in [1.165, 1.54) is 24.3 Å². The van der Waals surface area contributed by atoms with Crippen molar-refractivity contribution in [3.05, 3.63) is 23.7 Å².